The molecule has 0 N–H and O–H groups in total. The molecule has 0 aliphatic heterocycles. The van der Waals surface area contributed by atoms with Crippen LogP contribution >= 0.6 is 0 Å². The first-order valence-corrected chi connectivity index (χ1v) is 5.58. The normalized spacial score (nSPS) is 11.9. The topological polar surface area (TPSA) is 35.5 Å². The van der Waals surface area contributed by atoms with Gasteiger partial charge in [0.25, 0.3) is 0 Å². The zero-order valence-corrected chi connectivity index (χ0v) is 10.5. The standard InChI is InChI=1S/C13H22O3/c1-6-7-12(5)16-13(14)11(4)9-15-8-10(2)3/h12H,2,4,6-9H2,1,3,5H3. The summed E-state index contributed by atoms with van der Waals surface area (Å²) in [7, 11) is 0. The van der Waals surface area contributed by atoms with E-state index in [-0.39, 0.29) is 18.7 Å². The van der Waals surface area contributed by atoms with Crippen LogP contribution in [0.5, 0.6) is 0 Å². The Kier molecular flexibility index (Phi) is 7.56. The highest BCUT2D eigenvalue weighted by Crippen LogP contribution is 2.05. The van der Waals surface area contributed by atoms with Crippen LogP contribution in [0.15, 0.2) is 24.3 Å². The molecule has 1 unspecified atom stereocenters. The van der Waals surface area contributed by atoms with Gasteiger partial charge in [0.1, 0.15) is 0 Å². The second kappa shape index (κ2) is 8.11. The third kappa shape index (κ3) is 7.23. The molecular weight excluding hydrogens is 204 g/mol. The van der Waals surface area contributed by atoms with Gasteiger partial charge in [-0.25, -0.2) is 4.79 Å². The zero-order valence-electron chi connectivity index (χ0n) is 10.5. The molecule has 0 saturated carbocycles. The fourth-order valence-corrected chi connectivity index (χ4v) is 1.14. The van der Waals surface area contributed by atoms with Crippen molar-refractivity contribution in [2.75, 3.05) is 13.2 Å². The average Bonchev–Trinajstić information content (AvgIpc) is 2.17. The molecule has 16 heavy (non-hydrogen) atoms. The first-order valence-electron chi connectivity index (χ1n) is 5.58. The number of esters is 1. The number of carbonyl (C=O) groups excluding carboxylic acids is 1. The summed E-state index contributed by atoms with van der Waals surface area (Å²) in [5, 5.41) is 0. The Morgan fingerprint density at radius 3 is 2.44 bits per heavy atom. The predicted octanol–water partition coefficient (Wildman–Crippen LogP) is 2.87. The van der Waals surface area contributed by atoms with Gasteiger partial charge in [0.15, 0.2) is 0 Å². The fraction of sp³-hybridized carbons (Fsp3) is 0.615. The van der Waals surface area contributed by atoms with E-state index in [1.165, 1.54) is 0 Å². The number of rotatable bonds is 8. The molecule has 0 spiro atoms. The Hall–Kier alpha value is -1.09. The van der Waals surface area contributed by atoms with Gasteiger partial charge in [0.05, 0.1) is 24.9 Å². The first-order chi connectivity index (χ1) is 7.47. The summed E-state index contributed by atoms with van der Waals surface area (Å²) >= 11 is 0. The smallest absolute Gasteiger partial charge is 0.336 e. The van der Waals surface area contributed by atoms with E-state index in [2.05, 4.69) is 20.1 Å². The summed E-state index contributed by atoms with van der Waals surface area (Å²) in [6.07, 6.45) is 1.80. The van der Waals surface area contributed by atoms with E-state index in [0.717, 1.165) is 18.4 Å². The van der Waals surface area contributed by atoms with Crippen LogP contribution in [-0.4, -0.2) is 25.3 Å². The van der Waals surface area contributed by atoms with Crippen LogP contribution in [0, 0.1) is 0 Å². The molecule has 0 aromatic heterocycles. The van der Waals surface area contributed by atoms with E-state index in [9.17, 15) is 4.79 Å². The second-order valence-corrected chi connectivity index (χ2v) is 4.06. The van der Waals surface area contributed by atoms with Gasteiger partial charge in [0.2, 0.25) is 0 Å². The molecule has 0 fully saturated rings. The van der Waals surface area contributed by atoms with Gasteiger partial charge in [-0.15, -0.1) is 0 Å². The molecular formula is C13H22O3. The highest BCUT2D eigenvalue weighted by Gasteiger charge is 2.12. The van der Waals surface area contributed by atoms with Crippen LogP contribution in [0.25, 0.3) is 0 Å². The van der Waals surface area contributed by atoms with Crippen molar-refractivity contribution >= 4 is 5.97 Å². The Morgan fingerprint density at radius 1 is 1.31 bits per heavy atom. The van der Waals surface area contributed by atoms with Gasteiger partial charge in [-0.1, -0.05) is 32.1 Å². The lowest BCUT2D eigenvalue weighted by atomic mass is 10.2. The minimum Gasteiger partial charge on any atom is -0.459 e. The molecule has 0 bridgehead atoms. The van der Waals surface area contributed by atoms with Gasteiger partial charge >= 0.3 is 5.97 Å². The molecule has 0 heterocycles. The highest BCUT2D eigenvalue weighted by molar-refractivity contribution is 5.88. The summed E-state index contributed by atoms with van der Waals surface area (Å²) in [5.41, 5.74) is 1.27. The molecule has 0 aromatic carbocycles. The number of hydrogen-bond acceptors (Lipinski definition) is 3. The SMILES string of the molecule is C=C(C)COCC(=C)C(=O)OC(C)CCC. The number of ether oxygens (including phenoxy) is 2. The maximum atomic E-state index is 11.5. The van der Waals surface area contributed by atoms with Crippen LogP contribution in [0.4, 0.5) is 0 Å². The Balaban J connectivity index is 3.81. The van der Waals surface area contributed by atoms with Crippen molar-refractivity contribution in [3.05, 3.63) is 24.3 Å². The van der Waals surface area contributed by atoms with Crippen LogP contribution in [0.3, 0.4) is 0 Å². The van der Waals surface area contributed by atoms with Crippen LogP contribution in [0.2, 0.25) is 0 Å². The lowest BCUT2D eigenvalue weighted by Crippen LogP contribution is -2.18. The maximum absolute atomic E-state index is 11.5. The molecule has 0 aliphatic rings. The van der Waals surface area contributed by atoms with Crippen molar-refractivity contribution in [3.63, 3.8) is 0 Å². The highest BCUT2D eigenvalue weighted by atomic mass is 16.5. The summed E-state index contributed by atoms with van der Waals surface area (Å²) in [6, 6.07) is 0. The summed E-state index contributed by atoms with van der Waals surface area (Å²) in [6.45, 7) is 13.8. The monoisotopic (exact) mass is 226 g/mol. The molecule has 0 aromatic rings. The third-order valence-corrected chi connectivity index (χ3v) is 1.92. The largest absolute Gasteiger partial charge is 0.459 e. The lowest BCUT2D eigenvalue weighted by molar-refractivity contribution is -0.144. The number of carbonyl (C=O) groups is 1. The van der Waals surface area contributed by atoms with E-state index < -0.39 is 0 Å². The maximum Gasteiger partial charge on any atom is 0.336 e. The van der Waals surface area contributed by atoms with E-state index in [4.69, 9.17) is 9.47 Å². The van der Waals surface area contributed by atoms with Gasteiger partial charge < -0.3 is 9.47 Å². The molecule has 92 valence electrons. The summed E-state index contributed by atoms with van der Waals surface area (Å²) in [5.74, 6) is -0.373. The minimum absolute atomic E-state index is 0.0598. The molecule has 0 saturated heterocycles. The fourth-order valence-electron chi connectivity index (χ4n) is 1.14. The van der Waals surface area contributed by atoms with E-state index >= 15 is 0 Å². The molecule has 0 radical (unpaired) electrons. The van der Waals surface area contributed by atoms with Gasteiger partial charge in [0, 0.05) is 0 Å². The van der Waals surface area contributed by atoms with Crippen LogP contribution in [0.1, 0.15) is 33.6 Å². The van der Waals surface area contributed by atoms with Gasteiger partial charge in [-0.3, -0.25) is 0 Å². The summed E-state index contributed by atoms with van der Waals surface area (Å²) in [4.78, 5) is 11.5. The van der Waals surface area contributed by atoms with Gasteiger partial charge in [-0.2, -0.15) is 0 Å². The van der Waals surface area contributed by atoms with Crippen molar-refractivity contribution in [1.82, 2.24) is 0 Å². The van der Waals surface area contributed by atoms with Crippen LogP contribution < -0.4 is 0 Å². The van der Waals surface area contributed by atoms with E-state index in [0.29, 0.717) is 12.2 Å². The van der Waals surface area contributed by atoms with Gasteiger partial charge in [-0.05, 0) is 20.3 Å². The molecule has 3 heteroatoms. The quantitative estimate of drug-likeness (QED) is 0.363. The Labute approximate surface area is 98.1 Å². The molecule has 0 aliphatic carbocycles. The zero-order chi connectivity index (χ0) is 12.6. The van der Waals surface area contributed by atoms with E-state index in [1.54, 1.807) is 0 Å². The van der Waals surface area contributed by atoms with Crippen molar-refractivity contribution in [2.45, 2.75) is 39.7 Å². The summed E-state index contributed by atoms with van der Waals surface area (Å²) < 4.78 is 10.4. The molecule has 1 atom stereocenters. The Bertz CT molecular complexity index is 256. The Morgan fingerprint density at radius 2 is 1.94 bits per heavy atom. The van der Waals surface area contributed by atoms with Crippen molar-refractivity contribution in [3.8, 4) is 0 Å². The minimum atomic E-state index is -0.373. The third-order valence-electron chi connectivity index (χ3n) is 1.92. The predicted molar refractivity (Wildman–Crippen MR) is 65.2 cm³/mol. The molecule has 3 nitrogen and oxygen atoms in total. The van der Waals surface area contributed by atoms with Crippen molar-refractivity contribution < 1.29 is 14.3 Å². The van der Waals surface area contributed by atoms with Crippen LogP contribution in [-0.2, 0) is 14.3 Å². The lowest BCUT2D eigenvalue weighted by Gasteiger charge is -2.13. The van der Waals surface area contributed by atoms with Crippen molar-refractivity contribution in [2.24, 2.45) is 0 Å². The molecule has 0 rings (SSSR count). The van der Waals surface area contributed by atoms with Crippen molar-refractivity contribution in [1.29, 1.82) is 0 Å². The molecule has 0 amide bonds. The first kappa shape index (κ1) is 14.9. The average molecular weight is 226 g/mol. The number of hydrogen-bond donors (Lipinski definition) is 0. The van der Waals surface area contributed by atoms with E-state index in [1.807, 2.05) is 13.8 Å². The second-order valence-electron chi connectivity index (χ2n) is 4.06.